The Hall–Kier alpha value is -1.19. The molecule has 20 heavy (non-hydrogen) atoms. The first-order valence-electron chi connectivity index (χ1n) is 7.17. The second-order valence-corrected chi connectivity index (χ2v) is 7.11. The zero-order chi connectivity index (χ0) is 14.8. The highest BCUT2D eigenvalue weighted by Crippen LogP contribution is 2.30. The first kappa shape index (κ1) is 15.2. The minimum atomic E-state index is 0.110. The molecule has 0 amide bonds. The standard InChI is InChI=1S/C17H24N2S/c1-6-18-15(13-9-7-12(2)8-10-13)16-19-14(11-20-16)17(3,4)5/h7-11,15,18H,6H2,1-5H3. The molecule has 3 heteroatoms. The highest BCUT2D eigenvalue weighted by molar-refractivity contribution is 7.09. The van der Waals surface area contributed by atoms with Crippen molar-refractivity contribution in [1.29, 1.82) is 0 Å². The van der Waals surface area contributed by atoms with Crippen molar-refractivity contribution in [2.45, 2.75) is 46.1 Å². The molecule has 0 radical (unpaired) electrons. The minimum Gasteiger partial charge on any atom is -0.305 e. The summed E-state index contributed by atoms with van der Waals surface area (Å²) in [6.07, 6.45) is 0. The molecule has 0 fully saturated rings. The highest BCUT2D eigenvalue weighted by atomic mass is 32.1. The lowest BCUT2D eigenvalue weighted by molar-refractivity contribution is 0.562. The van der Waals surface area contributed by atoms with Gasteiger partial charge in [-0.3, -0.25) is 0 Å². The maximum atomic E-state index is 4.86. The zero-order valence-electron chi connectivity index (χ0n) is 13.0. The molecule has 1 N–H and O–H groups in total. The first-order valence-corrected chi connectivity index (χ1v) is 8.05. The highest BCUT2D eigenvalue weighted by Gasteiger charge is 2.21. The van der Waals surface area contributed by atoms with Crippen LogP contribution in [-0.4, -0.2) is 11.5 Å². The van der Waals surface area contributed by atoms with E-state index >= 15 is 0 Å². The third-order valence-electron chi connectivity index (χ3n) is 3.36. The van der Waals surface area contributed by atoms with Crippen molar-refractivity contribution in [2.24, 2.45) is 0 Å². The van der Waals surface area contributed by atoms with E-state index in [9.17, 15) is 0 Å². The number of rotatable bonds is 4. The molecule has 0 bridgehead atoms. The Morgan fingerprint density at radius 1 is 1.20 bits per heavy atom. The van der Waals surface area contributed by atoms with Crippen LogP contribution in [0.15, 0.2) is 29.6 Å². The molecule has 1 aromatic carbocycles. The quantitative estimate of drug-likeness (QED) is 0.899. The molecule has 108 valence electrons. The lowest BCUT2D eigenvalue weighted by atomic mass is 9.93. The number of benzene rings is 1. The maximum absolute atomic E-state index is 4.86. The largest absolute Gasteiger partial charge is 0.305 e. The summed E-state index contributed by atoms with van der Waals surface area (Å²) in [6, 6.07) is 8.92. The van der Waals surface area contributed by atoms with Gasteiger partial charge in [-0.15, -0.1) is 11.3 Å². The smallest absolute Gasteiger partial charge is 0.114 e. The summed E-state index contributed by atoms with van der Waals surface area (Å²) in [5.41, 5.74) is 3.86. The van der Waals surface area contributed by atoms with Gasteiger partial charge in [0.25, 0.3) is 0 Å². The van der Waals surface area contributed by atoms with Crippen LogP contribution in [0.2, 0.25) is 0 Å². The zero-order valence-corrected chi connectivity index (χ0v) is 13.8. The Balaban J connectivity index is 2.33. The van der Waals surface area contributed by atoms with E-state index in [1.54, 1.807) is 11.3 Å². The maximum Gasteiger partial charge on any atom is 0.114 e. The molecule has 0 saturated carbocycles. The van der Waals surface area contributed by atoms with Crippen LogP contribution in [0.25, 0.3) is 0 Å². The molecular formula is C17H24N2S. The Morgan fingerprint density at radius 3 is 2.35 bits per heavy atom. The molecule has 0 saturated heterocycles. The fourth-order valence-corrected chi connectivity index (χ4v) is 3.22. The van der Waals surface area contributed by atoms with E-state index in [4.69, 9.17) is 4.98 Å². The Kier molecular flexibility index (Phi) is 4.61. The van der Waals surface area contributed by atoms with E-state index in [1.165, 1.54) is 16.8 Å². The molecule has 0 spiro atoms. The van der Waals surface area contributed by atoms with Crippen LogP contribution < -0.4 is 5.32 Å². The van der Waals surface area contributed by atoms with E-state index in [2.05, 4.69) is 69.6 Å². The second kappa shape index (κ2) is 6.06. The normalized spacial score (nSPS) is 13.4. The van der Waals surface area contributed by atoms with Crippen LogP contribution in [0.5, 0.6) is 0 Å². The minimum absolute atomic E-state index is 0.110. The van der Waals surface area contributed by atoms with Crippen molar-refractivity contribution >= 4 is 11.3 Å². The van der Waals surface area contributed by atoms with Crippen LogP contribution in [0.4, 0.5) is 0 Å². The molecular weight excluding hydrogens is 264 g/mol. The summed E-state index contributed by atoms with van der Waals surface area (Å²) in [5, 5.41) is 6.89. The lowest BCUT2D eigenvalue weighted by Gasteiger charge is -2.17. The van der Waals surface area contributed by atoms with Crippen LogP contribution in [0.1, 0.15) is 55.6 Å². The van der Waals surface area contributed by atoms with Crippen molar-refractivity contribution in [2.75, 3.05) is 6.54 Å². The molecule has 1 atom stereocenters. The van der Waals surface area contributed by atoms with Crippen molar-refractivity contribution < 1.29 is 0 Å². The third kappa shape index (κ3) is 3.47. The molecule has 1 heterocycles. The van der Waals surface area contributed by atoms with Gasteiger partial charge < -0.3 is 5.32 Å². The first-order chi connectivity index (χ1) is 9.41. The summed E-state index contributed by atoms with van der Waals surface area (Å²) < 4.78 is 0. The van der Waals surface area contributed by atoms with Crippen molar-refractivity contribution in [3.05, 3.63) is 51.5 Å². The number of hydrogen-bond donors (Lipinski definition) is 1. The van der Waals surface area contributed by atoms with Crippen LogP contribution in [0.3, 0.4) is 0 Å². The van der Waals surface area contributed by atoms with Gasteiger partial charge >= 0.3 is 0 Å². The van der Waals surface area contributed by atoms with Gasteiger partial charge in [-0.2, -0.15) is 0 Å². The molecule has 1 unspecified atom stereocenters. The van der Waals surface area contributed by atoms with Crippen molar-refractivity contribution in [1.82, 2.24) is 10.3 Å². The SMILES string of the molecule is CCNC(c1ccc(C)cc1)c1nc(C(C)(C)C)cs1. The number of aryl methyl sites for hydroxylation is 1. The summed E-state index contributed by atoms with van der Waals surface area (Å²) in [4.78, 5) is 4.86. The average Bonchev–Trinajstić information content (AvgIpc) is 2.86. The van der Waals surface area contributed by atoms with Gasteiger partial charge in [0.2, 0.25) is 0 Å². The van der Waals surface area contributed by atoms with E-state index in [-0.39, 0.29) is 11.5 Å². The van der Waals surface area contributed by atoms with Gasteiger partial charge in [0.1, 0.15) is 5.01 Å². The van der Waals surface area contributed by atoms with Gasteiger partial charge in [0, 0.05) is 10.8 Å². The van der Waals surface area contributed by atoms with E-state index in [0.29, 0.717) is 0 Å². The fraction of sp³-hybridized carbons (Fsp3) is 0.471. The Bertz CT molecular complexity index is 549. The number of nitrogens with zero attached hydrogens (tertiary/aromatic N) is 1. The monoisotopic (exact) mass is 288 g/mol. The molecule has 0 aliphatic rings. The van der Waals surface area contributed by atoms with Crippen LogP contribution in [-0.2, 0) is 5.41 Å². The van der Waals surface area contributed by atoms with Gasteiger partial charge in [-0.1, -0.05) is 57.5 Å². The van der Waals surface area contributed by atoms with Crippen molar-refractivity contribution in [3.8, 4) is 0 Å². The molecule has 0 aliphatic carbocycles. The van der Waals surface area contributed by atoms with Gasteiger partial charge in [-0.05, 0) is 19.0 Å². The second-order valence-electron chi connectivity index (χ2n) is 6.22. The summed E-state index contributed by atoms with van der Waals surface area (Å²) in [6.45, 7) is 11.8. The fourth-order valence-electron chi connectivity index (χ4n) is 2.08. The van der Waals surface area contributed by atoms with Gasteiger partial charge in [0.05, 0.1) is 11.7 Å². The van der Waals surface area contributed by atoms with E-state index in [0.717, 1.165) is 11.6 Å². The summed E-state index contributed by atoms with van der Waals surface area (Å²) in [7, 11) is 0. The van der Waals surface area contributed by atoms with Crippen molar-refractivity contribution in [3.63, 3.8) is 0 Å². The molecule has 2 rings (SSSR count). The number of hydrogen-bond acceptors (Lipinski definition) is 3. The lowest BCUT2D eigenvalue weighted by Crippen LogP contribution is -2.22. The Labute approximate surface area is 126 Å². The van der Waals surface area contributed by atoms with Crippen LogP contribution in [0, 0.1) is 6.92 Å². The summed E-state index contributed by atoms with van der Waals surface area (Å²) >= 11 is 1.75. The number of nitrogens with one attached hydrogen (secondary N) is 1. The molecule has 0 aliphatic heterocycles. The molecule has 2 aromatic rings. The predicted molar refractivity (Wildman–Crippen MR) is 87.5 cm³/mol. The predicted octanol–water partition coefficient (Wildman–Crippen LogP) is 4.45. The summed E-state index contributed by atoms with van der Waals surface area (Å²) in [5.74, 6) is 0. The topological polar surface area (TPSA) is 24.9 Å². The van der Waals surface area contributed by atoms with E-state index < -0.39 is 0 Å². The number of thiazole rings is 1. The Morgan fingerprint density at radius 2 is 1.85 bits per heavy atom. The molecule has 2 nitrogen and oxygen atoms in total. The van der Waals surface area contributed by atoms with E-state index in [1.807, 2.05) is 0 Å². The van der Waals surface area contributed by atoms with Crippen LogP contribution >= 0.6 is 11.3 Å². The van der Waals surface area contributed by atoms with Gasteiger partial charge in [-0.25, -0.2) is 4.98 Å². The average molecular weight is 288 g/mol. The number of aromatic nitrogens is 1. The molecule has 1 aromatic heterocycles. The third-order valence-corrected chi connectivity index (χ3v) is 4.27. The van der Waals surface area contributed by atoms with Gasteiger partial charge in [0.15, 0.2) is 0 Å².